The summed E-state index contributed by atoms with van der Waals surface area (Å²) in [6, 6.07) is 17.5. The first-order chi connectivity index (χ1) is 8.78. The van der Waals surface area contributed by atoms with E-state index in [2.05, 4.69) is 11.4 Å². The lowest BCUT2D eigenvalue weighted by atomic mass is 10.1. The fraction of sp³-hybridized carbons (Fsp3) is 0.133. The number of nitrogens with one attached hydrogen (secondary N) is 1. The molecular weight excluding hydrogens is 222 g/mol. The molecule has 0 heterocycles. The van der Waals surface area contributed by atoms with Gasteiger partial charge in [0, 0.05) is 17.9 Å². The van der Waals surface area contributed by atoms with E-state index in [0.717, 1.165) is 24.3 Å². The highest BCUT2D eigenvalue weighted by molar-refractivity contribution is 5.49. The van der Waals surface area contributed by atoms with Gasteiger partial charge in [-0.3, -0.25) is 0 Å². The molecule has 0 saturated carbocycles. The van der Waals surface area contributed by atoms with Gasteiger partial charge in [-0.1, -0.05) is 18.2 Å². The zero-order chi connectivity index (χ0) is 12.8. The Morgan fingerprint density at radius 1 is 1.11 bits per heavy atom. The van der Waals surface area contributed by atoms with Crippen LogP contribution in [0.15, 0.2) is 48.5 Å². The van der Waals surface area contributed by atoms with Gasteiger partial charge in [0.15, 0.2) is 0 Å². The summed E-state index contributed by atoms with van der Waals surface area (Å²) in [7, 11) is 0. The monoisotopic (exact) mass is 237 g/mol. The van der Waals surface area contributed by atoms with Gasteiger partial charge in [-0.25, -0.2) is 0 Å². The molecule has 0 atom stereocenters. The van der Waals surface area contributed by atoms with Gasteiger partial charge in [-0.2, -0.15) is 5.26 Å². The molecule has 0 unspecified atom stereocenters. The maximum Gasteiger partial charge on any atom is 0.0992 e. The van der Waals surface area contributed by atoms with Crippen molar-refractivity contribution in [1.82, 2.24) is 0 Å². The molecule has 0 aliphatic rings. The number of anilines is 2. The molecule has 3 nitrogen and oxygen atoms in total. The van der Waals surface area contributed by atoms with Crippen LogP contribution < -0.4 is 11.1 Å². The Balaban J connectivity index is 1.88. The number of nitrogens with zero attached hydrogens (tertiary/aromatic N) is 1. The van der Waals surface area contributed by atoms with Crippen molar-refractivity contribution in [2.75, 3.05) is 17.6 Å². The summed E-state index contributed by atoms with van der Waals surface area (Å²) in [5.41, 5.74) is 9.31. The molecule has 0 radical (unpaired) electrons. The number of rotatable bonds is 4. The minimum absolute atomic E-state index is 0.674. The number of nitriles is 1. The SMILES string of the molecule is N#Cc1cccc(NCCc2ccc(N)cc2)c1. The molecule has 0 spiro atoms. The maximum atomic E-state index is 8.80. The van der Waals surface area contributed by atoms with Crippen molar-refractivity contribution in [3.05, 3.63) is 59.7 Å². The molecule has 0 bridgehead atoms. The minimum atomic E-state index is 0.674. The third-order valence-electron chi connectivity index (χ3n) is 2.71. The first kappa shape index (κ1) is 12.0. The zero-order valence-electron chi connectivity index (χ0n) is 10.1. The van der Waals surface area contributed by atoms with E-state index in [0.29, 0.717) is 5.56 Å². The van der Waals surface area contributed by atoms with E-state index < -0.39 is 0 Å². The van der Waals surface area contributed by atoms with Crippen LogP contribution in [0.25, 0.3) is 0 Å². The molecule has 2 rings (SSSR count). The van der Waals surface area contributed by atoms with Crippen LogP contribution in [-0.2, 0) is 6.42 Å². The highest BCUT2D eigenvalue weighted by Gasteiger charge is 1.96. The van der Waals surface area contributed by atoms with Crippen molar-refractivity contribution in [2.24, 2.45) is 0 Å². The van der Waals surface area contributed by atoms with Gasteiger partial charge in [0.05, 0.1) is 11.6 Å². The van der Waals surface area contributed by atoms with Gasteiger partial charge >= 0.3 is 0 Å². The van der Waals surface area contributed by atoms with Gasteiger partial charge in [-0.15, -0.1) is 0 Å². The van der Waals surface area contributed by atoms with Crippen LogP contribution in [0.3, 0.4) is 0 Å². The summed E-state index contributed by atoms with van der Waals surface area (Å²) < 4.78 is 0. The predicted octanol–water partition coefficient (Wildman–Crippen LogP) is 2.80. The van der Waals surface area contributed by atoms with Crippen LogP contribution in [0.4, 0.5) is 11.4 Å². The molecule has 2 aromatic rings. The van der Waals surface area contributed by atoms with Crippen molar-refractivity contribution in [2.45, 2.75) is 6.42 Å². The average molecular weight is 237 g/mol. The molecule has 90 valence electrons. The van der Waals surface area contributed by atoms with Gasteiger partial charge in [0.1, 0.15) is 0 Å². The second-order valence-corrected chi connectivity index (χ2v) is 4.11. The quantitative estimate of drug-likeness (QED) is 0.804. The first-order valence-electron chi connectivity index (χ1n) is 5.86. The number of nitrogen functional groups attached to an aromatic ring is 1. The summed E-state index contributed by atoms with van der Waals surface area (Å²) >= 11 is 0. The van der Waals surface area contributed by atoms with Crippen molar-refractivity contribution in [3.63, 3.8) is 0 Å². The summed E-state index contributed by atoms with van der Waals surface area (Å²) in [6.45, 7) is 0.832. The third kappa shape index (κ3) is 3.26. The number of hydrogen-bond acceptors (Lipinski definition) is 3. The molecule has 0 aliphatic carbocycles. The fourth-order valence-electron chi connectivity index (χ4n) is 1.73. The van der Waals surface area contributed by atoms with Crippen LogP contribution in [-0.4, -0.2) is 6.54 Å². The summed E-state index contributed by atoms with van der Waals surface area (Å²) in [4.78, 5) is 0. The molecule has 0 aromatic heterocycles. The Bertz CT molecular complexity index is 553. The standard InChI is InChI=1S/C15H15N3/c16-11-13-2-1-3-15(10-13)18-9-8-12-4-6-14(17)7-5-12/h1-7,10,18H,8-9,17H2. The minimum Gasteiger partial charge on any atom is -0.399 e. The van der Waals surface area contributed by atoms with Gasteiger partial charge in [-0.05, 0) is 42.3 Å². The largest absolute Gasteiger partial charge is 0.399 e. The van der Waals surface area contributed by atoms with E-state index in [1.807, 2.05) is 42.5 Å². The smallest absolute Gasteiger partial charge is 0.0992 e. The lowest BCUT2D eigenvalue weighted by Crippen LogP contribution is -2.04. The Morgan fingerprint density at radius 2 is 1.89 bits per heavy atom. The first-order valence-corrected chi connectivity index (χ1v) is 5.86. The van der Waals surface area contributed by atoms with E-state index in [1.165, 1.54) is 5.56 Å². The van der Waals surface area contributed by atoms with Crippen LogP contribution >= 0.6 is 0 Å². The van der Waals surface area contributed by atoms with E-state index in [1.54, 1.807) is 6.07 Å². The lowest BCUT2D eigenvalue weighted by molar-refractivity contribution is 1.02. The normalized spacial score (nSPS) is 9.72. The second-order valence-electron chi connectivity index (χ2n) is 4.11. The number of hydrogen-bond donors (Lipinski definition) is 2. The van der Waals surface area contributed by atoms with Crippen molar-refractivity contribution in [3.8, 4) is 6.07 Å². The number of benzene rings is 2. The molecule has 0 amide bonds. The summed E-state index contributed by atoms with van der Waals surface area (Å²) in [5, 5.41) is 12.1. The second kappa shape index (κ2) is 5.74. The maximum absolute atomic E-state index is 8.80. The predicted molar refractivity (Wildman–Crippen MR) is 74.2 cm³/mol. The van der Waals surface area contributed by atoms with E-state index in [4.69, 9.17) is 11.0 Å². The van der Waals surface area contributed by atoms with Gasteiger partial charge in [0.2, 0.25) is 0 Å². The van der Waals surface area contributed by atoms with E-state index in [9.17, 15) is 0 Å². The van der Waals surface area contributed by atoms with Crippen molar-refractivity contribution in [1.29, 1.82) is 5.26 Å². The Morgan fingerprint density at radius 3 is 2.61 bits per heavy atom. The highest BCUT2D eigenvalue weighted by Crippen LogP contribution is 2.10. The molecule has 18 heavy (non-hydrogen) atoms. The van der Waals surface area contributed by atoms with Crippen molar-refractivity contribution < 1.29 is 0 Å². The van der Waals surface area contributed by atoms with Crippen LogP contribution in [0.5, 0.6) is 0 Å². The molecule has 3 N–H and O–H groups in total. The third-order valence-corrected chi connectivity index (χ3v) is 2.71. The molecule has 0 aliphatic heterocycles. The molecule has 3 heteroatoms. The summed E-state index contributed by atoms with van der Waals surface area (Å²) in [5.74, 6) is 0. The molecule has 0 fully saturated rings. The van der Waals surface area contributed by atoms with E-state index >= 15 is 0 Å². The van der Waals surface area contributed by atoms with Crippen LogP contribution in [0.1, 0.15) is 11.1 Å². The lowest BCUT2D eigenvalue weighted by Gasteiger charge is -2.06. The fourth-order valence-corrected chi connectivity index (χ4v) is 1.73. The highest BCUT2D eigenvalue weighted by atomic mass is 14.9. The Hall–Kier alpha value is -2.47. The average Bonchev–Trinajstić information content (AvgIpc) is 2.41. The van der Waals surface area contributed by atoms with Crippen LogP contribution in [0.2, 0.25) is 0 Å². The van der Waals surface area contributed by atoms with Crippen molar-refractivity contribution >= 4 is 11.4 Å². The molecule has 2 aromatic carbocycles. The zero-order valence-corrected chi connectivity index (χ0v) is 10.1. The van der Waals surface area contributed by atoms with E-state index in [-0.39, 0.29) is 0 Å². The molecule has 0 saturated heterocycles. The Kier molecular flexibility index (Phi) is 3.83. The molecular formula is C15H15N3. The van der Waals surface area contributed by atoms with Gasteiger partial charge < -0.3 is 11.1 Å². The number of nitrogens with two attached hydrogens (primary N) is 1. The van der Waals surface area contributed by atoms with Crippen LogP contribution in [0, 0.1) is 11.3 Å². The topological polar surface area (TPSA) is 61.8 Å². The Labute approximate surface area is 107 Å². The van der Waals surface area contributed by atoms with Gasteiger partial charge in [0.25, 0.3) is 0 Å². The summed E-state index contributed by atoms with van der Waals surface area (Å²) in [6.07, 6.45) is 0.928.